The second-order valence-electron chi connectivity index (χ2n) is 5.86. The zero-order valence-corrected chi connectivity index (χ0v) is 15.4. The number of hydrogen-bond donors (Lipinski definition) is 0. The quantitative estimate of drug-likeness (QED) is 0.320. The highest BCUT2D eigenvalue weighted by atomic mass is 16.6. The van der Waals surface area contributed by atoms with Crippen LogP contribution in [0.5, 0.6) is 5.75 Å². The molecule has 7 nitrogen and oxygen atoms in total. The molecule has 2 rings (SSSR count). The van der Waals surface area contributed by atoms with E-state index in [-0.39, 0.29) is 13.2 Å². The Kier molecular flexibility index (Phi) is 5.69. The van der Waals surface area contributed by atoms with Gasteiger partial charge in [0.2, 0.25) is 5.91 Å². The van der Waals surface area contributed by atoms with Gasteiger partial charge in [-0.25, -0.2) is 9.59 Å². The maximum atomic E-state index is 12.8. The number of hydrogen-bond acceptors (Lipinski definition) is 6. The first-order chi connectivity index (χ1) is 12.4. The number of esters is 2. The third-order valence-corrected chi connectivity index (χ3v) is 4.23. The molecule has 1 fully saturated rings. The van der Waals surface area contributed by atoms with Crippen LogP contribution in [-0.2, 0) is 23.9 Å². The number of rotatable bonds is 7. The van der Waals surface area contributed by atoms with Gasteiger partial charge < -0.3 is 14.2 Å². The average molecular weight is 361 g/mol. The van der Waals surface area contributed by atoms with E-state index in [4.69, 9.17) is 14.2 Å². The van der Waals surface area contributed by atoms with Crippen LogP contribution >= 0.6 is 0 Å². The Labute approximate surface area is 152 Å². The molecular formula is C19H23NO6. The van der Waals surface area contributed by atoms with Crippen molar-refractivity contribution in [3.63, 3.8) is 0 Å². The van der Waals surface area contributed by atoms with Gasteiger partial charge in [0.15, 0.2) is 0 Å². The standard InChI is InChI=1S/C19H23NO6/c1-6-25-17(22)19(18(23)26-7-2)15(12(3)4)16(21)20(19)13-8-10-14(24-5)11-9-13/h8-11,15H,3,6-7H2,1-2,4-5H3. The predicted octanol–water partition coefficient (Wildman–Crippen LogP) is 2.10. The molecule has 1 atom stereocenters. The third-order valence-electron chi connectivity index (χ3n) is 4.23. The summed E-state index contributed by atoms with van der Waals surface area (Å²) in [7, 11) is 1.52. The van der Waals surface area contributed by atoms with Gasteiger partial charge in [-0.1, -0.05) is 12.2 Å². The molecule has 0 saturated carbocycles. The summed E-state index contributed by atoms with van der Waals surface area (Å²) in [6.07, 6.45) is 0. The molecule has 26 heavy (non-hydrogen) atoms. The van der Waals surface area contributed by atoms with Gasteiger partial charge in [0.25, 0.3) is 5.54 Å². The first-order valence-corrected chi connectivity index (χ1v) is 8.34. The summed E-state index contributed by atoms with van der Waals surface area (Å²) in [4.78, 5) is 39.6. The minimum Gasteiger partial charge on any atom is -0.497 e. The monoisotopic (exact) mass is 361 g/mol. The van der Waals surface area contributed by atoms with Crippen LogP contribution in [0, 0.1) is 5.92 Å². The summed E-state index contributed by atoms with van der Waals surface area (Å²) >= 11 is 0. The first kappa shape index (κ1) is 19.5. The number of anilines is 1. The minimum absolute atomic E-state index is 0.0630. The molecule has 1 aromatic rings. The second kappa shape index (κ2) is 7.59. The number of carbonyl (C=O) groups excluding carboxylic acids is 3. The Morgan fingerprint density at radius 3 is 2.00 bits per heavy atom. The Bertz CT molecular complexity index is 706. The highest BCUT2D eigenvalue weighted by molar-refractivity contribution is 6.26. The molecule has 1 aromatic carbocycles. The minimum atomic E-state index is -1.91. The van der Waals surface area contributed by atoms with Crippen molar-refractivity contribution in [2.45, 2.75) is 26.3 Å². The molecule has 1 aliphatic heterocycles. The summed E-state index contributed by atoms with van der Waals surface area (Å²) in [5.74, 6) is -2.54. The normalized spacial score (nSPS) is 17.9. The van der Waals surface area contributed by atoms with Gasteiger partial charge in [0.1, 0.15) is 11.7 Å². The number of benzene rings is 1. The number of nitrogens with zero attached hydrogens (tertiary/aromatic N) is 1. The van der Waals surface area contributed by atoms with Gasteiger partial charge in [-0.3, -0.25) is 9.69 Å². The van der Waals surface area contributed by atoms with Crippen molar-refractivity contribution in [3.8, 4) is 5.75 Å². The zero-order valence-electron chi connectivity index (χ0n) is 15.4. The lowest BCUT2D eigenvalue weighted by atomic mass is 9.69. The molecule has 140 valence electrons. The second-order valence-corrected chi connectivity index (χ2v) is 5.86. The Balaban J connectivity index is 2.61. The first-order valence-electron chi connectivity index (χ1n) is 8.34. The van der Waals surface area contributed by atoms with E-state index in [0.717, 1.165) is 4.90 Å². The van der Waals surface area contributed by atoms with Gasteiger partial charge in [0, 0.05) is 5.69 Å². The van der Waals surface area contributed by atoms with Crippen LogP contribution in [0.2, 0.25) is 0 Å². The van der Waals surface area contributed by atoms with Crippen molar-refractivity contribution in [2.75, 3.05) is 25.2 Å². The van der Waals surface area contributed by atoms with E-state index in [9.17, 15) is 14.4 Å². The van der Waals surface area contributed by atoms with Crippen molar-refractivity contribution in [1.82, 2.24) is 0 Å². The van der Waals surface area contributed by atoms with E-state index in [2.05, 4.69) is 6.58 Å². The lowest BCUT2D eigenvalue weighted by Crippen LogP contribution is -2.79. The van der Waals surface area contributed by atoms with Crippen molar-refractivity contribution in [3.05, 3.63) is 36.4 Å². The van der Waals surface area contributed by atoms with Crippen molar-refractivity contribution >= 4 is 23.5 Å². The summed E-state index contributed by atoms with van der Waals surface area (Å²) in [6, 6.07) is 6.46. The molecular weight excluding hydrogens is 338 g/mol. The fourth-order valence-corrected chi connectivity index (χ4v) is 3.16. The Hall–Kier alpha value is -2.83. The Morgan fingerprint density at radius 2 is 1.62 bits per heavy atom. The van der Waals surface area contributed by atoms with Gasteiger partial charge in [-0.15, -0.1) is 0 Å². The fraction of sp³-hybridized carbons (Fsp3) is 0.421. The van der Waals surface area contributed by atoms with E-state index in [1.807, 2.05) is 0 Å². The average Bonchev–Trinajstić information content (AvgIpc) is 2.59. The topological polar surface area (TPSA) is 82.1 Å². The van der Waals surface area contributed by atoms with Crippen LogP contribution < -0.4 is 9.64 Å². The van der Waals surface area contributed by atoms with E-state index in [0.29, 0.717) is 17.0 Å². The largest absolute Gasteiger partial charge is 0.497 e. The molecule has 1 saturated heterocycles. The molecule has 1 heterocycles. The van der Waals surface area contributed by atoms with Crippen LogP contribution in [0.25, 0.3) is 0 Å². The zero-order chi connectivity index (χ0) is 19.5. The van der Waals surface area contributed by atoms with Gasteiger partial charge in [-0.05, 0) is 45.0 Å². The molecule has 1 amide bonds. The molecule has 0 spiro atoms. The van der Waals surface area contributed by atoms with Crippen molar-refractivity contribution < 1.29 is 28.6 Å². The Morgan fingerprint density at radius 1 is 1.12 bits per heavy atom. The van der Waals surface area contributed by atoms with Crippen LogP contribution in [0.15, 0.2) is 36.4 Å². The number of methoxy groups -OCH3 is 1. The number of ether oxygens (including phenoxy) is 3. The highest BCUT2D eigenvalue weighted by Crippen LogP contribution is 2.47. The molecule has 0 aromatic heterocycles. The number of carbonyl (C=O) groups is 3. The van der Waals surface area contributed by atoms with Crippen LogP contribution in [0.3, 0.4) is 0 Å². The van der Waals surface area contributed by atoms with Gasteiger partial charge >= 0.3 is 11.9 Å². The maximum Gasteiger partial charge on any atom is 0.345 e. The van der Waals surface area contributed by atoms with Crippen molar-refractivity contribution in [2.24, 2.45) is 5.92 Å². The van der Waals surface area contributed by atoms with Crippen molar-refractivity contribution in [1.29, 1.82) is 0 Å². The van der Waals surface area contributed by atoms with E-state index in [1.54, 1.807) is 45.0 Å². The molecule has 1 unspecified atom stereocenters. The summed E-state index contributed by atoms with van der Waals surface area (Å²) in [5.41, 5.74) is -1.15. The third kappa shape index (κ3) is 2.83. The molecule has 7 heteroatoms. The van der Waals surface area contributed by atoms with Crippen LogP contribution in [-0.4, -0.2) is 43.7 Å². The summed E-state index contributed by atoms with van der Waals surface area (Å²) in [5, 5.41) is 0. The smallest absolute Gasteiger partial charge is 0.345 e. The van der Waals surface area contributed by atoms with E-state index < -0.39 is 29.3 Å². The molecule has 0 aliphatic carbocycles. The maximum absolute atomic E-state index is 12.8. The number of amides is 1. The summed E-state index contributed by atoms with van der Waals surface area (Å²) in [6.45, 7) is 8.76. The predicted molar refractivity (Wildman–Crippen MR) is 94.8 cm³/mol. The fourth-order valence-electron chi connectivity index (χ4n) is 3.16. The highest BCUT2D eigenvalue weighted by Gasteiger charge is 2.72. The van der Waals surface area contributed by atoms with E-state index >= 15 is 0 Å². The molecule has 1 aliphatic rings. The van der Waals surface area contributed by atoms with Crippen LogP contribution in [0.1, 0.15) is 20.8 Å². The number of β-lactam (4-membered cyclic amide) rings is 1. The summed E-state index contributed by atoms with van der Waals surface area (Å²) < 4.78 is 15.4. The van der Waals surface area contributed by atoms with Gasteiger partial charge in [0.05, 0.1) is 20.3 Å². The van der Waals surface area contributed by atoms with E-state index in [1.165, 1.54) is 7.11 Å². The lowest BCUT2D eigenvalue weighted by Gasteiger charge is -2.53. The molecule has 0 bridgehead atoms. The van der Waals surface area contributed by atoms with Gasteiger partial charge in [-0.2, -0.15) is 0 Å². The lowest BCUT2D eigenvalue weighted by molar-refractivity contribution is -0.175. The SMILES string of the molecule is C=C(C)C1C(=O)N(c2ccc(OC)cc2)C1(C(=O)OCC)C(=O)OCC. The van der Waals surface area contributed by atoms with Crippen LogP contribution in [0.4, 0.5) is 5.69 Å². The molecule has 0 radical (unpaired) electrons. The molecule has 0 N–H and O–H groups in total.